The van der Waals surface area contributed by atoms with Gasteiger partial charge in [0, 0.05) is 22.0 Å². The van der Waals surface area contributed by atoms with Crippen molar-refractivity contribution in [3.8, 4) is 5.75 Å². The van der Waals surface area contributed by atoms with Gasteiger partial charge >= 0.3 is 0 Å². The first-order valence-corrected chi connectivity index (χ1v) is 7.43. The summed E-state index contributed by atoms with van der Waals surface area (Å²) in [6.07, 6.45) is 2.31. The van der Waals surface area contributed by atoms with E-state index in [0.717, 1.165) is 34.5 Å². The molecule has 0 radical (unpaired) electrons. The summed E-state index contributed by atoms with van der Waals surface area (Å²) >= 11 is 3.43. The summed E-state index contributed by atoms with van der Waals surface area (Å²) in [4.78, 5) is 4.34. The quantitative estimate of drug-likeness (QED) is 0.905. The van der Waals surface area contributed by atoms with Crippen LogP contribution in [0.25, 0.3) is 0 Å². The SMILES string of the molecule is CC(N)c1cc(Br)ccc1OCc1nc(C2CC2)no1. The van der Waals surface area contributed by atoms with E-state index >= 15 is 0 Å². The molecule has 1 aromatic heterocycles. The average Bonchev–Trinajstić information content (AvgIpc) is 3.17. The second-order valence-electron chi connectivity index (χ2n) is 5.08. The molecule has 0 amide bonds. The Bertz CT molecular complexity index is 608. The van der Waals surface area contributed by atoms with E-state index in [1.807, 2.05) is 25.1 Å². The molecular formula is C14H16BrN3O2. The fourth-order valence-electron chi connectivity index (χ4n) is 1.98. The Kier molecular flexibility index (Phi) is 3.76. The number of hydrogen-bond donors (Lipinski definition) is 1. The first kappa shape index (κ1) is 13.6. The number of halogens is 1. The molecule has 1 aliphatic carbocycles. The highest BCUT2D eigenvalue weighted by molar-refractivity contribution is 9.10. The minimum absolute atomic E-state index is 0.104. The fourth-order valence-corrected chi connectivity index (χ4v) is 2.36. The van der Waals surface area contributed by atoms with E-state index in [-0.39, 0.29) is 12.6 Å². The average molecular weight is 338 g/mol. The summed E-state index contributed by atoms with van der Waals surface area (Å²) in [5.74, 6) is 2.53. The third kappa shape index (κ3) is 3.02. The van der Waals surface area contributed by atoms with Gasteiger partial charge < -0.3 is 15.0 Å². The molecule has 0 saturated heterocycles. The van der Waals surface area contributed by atoms with Crippen molar-refractivity contribution in [3.63, 3.8) is 0 Å². The van der Waals surface area contributed by atoms with E-state index in [9.17, 15) is 0 Å². The Hall–Kier alpha value is -1.40. The maximum Gasteiger partial charge on any atom is 0.264 e. The highest BCUT2D eigenvalue weighted by atomic mass is 79.9. The predicted octanol–water partition coefficient (Wildman–Crippen LogP) is 3.31. The second kappa shape index (κ2) is 5.54. The molecule has 1 aromatic carbocycles. The lowest BCUT2D eigenvalue weighted by atomic mass is 10.1. The van der Waals surface area contributed by atoms with Crippen LogP contribution in [0.15, 0.2) is 27.2 Å². The van der Waals surface area contributed by atoms with Gasteiger partial charge in [0.15, 0.2) is 12.4 Å². The highest BCUT2D eigenvalue weighted by Crippen LogP contribution is 2.38. The summed E-state index contributed by atoms with van der Waals surface area (Å²) < 4.78 is 11.9. The molecule has 0 spiro atoms. The zero-order valence-electron chi connectivity index (χ0n) is 11.2. The van der Waals surface area contributed by atoms with Crippen LogP contribution in [-0.4, -0.2) is 10.1 Å². The molecule has 2 aromatic rings. The number of aromatic nitrogens is 2. The van der Waals surface area contributed by atoms with E-state index in [1.165, 1.54) is 0 Å². The Morgan fingerprint density at radius 1 is 1.50 bits per heavy atom. The van der Waals surface area contributed by atoms with Crippen molar-refractivity contribution < 1.29 is 9.26 Å². The summed E-state index contributed by atoms with van der Waals surface area (Å²) in [6.45, 7) is 2.19. The smallest absolute Gasteiger partial charge is 0.264 e. The van der Waals surface area contributed by atoms with Crippen LogP contribution >= 0.6 is 15.9 Å². The minimum Gasteiger partial charge on any atom is -0.483 e. The van der Waals surface area contributed by atoms with Gasteiger partial charge in [-0.05, 0) is 38.0 Å². The van der Waals surface area contributed by atoms with Crippen LogP contribution in [0.2, 0.25) is 0 Å². The highest BCUT2D eigenvalue weighted by Gasteiger charge is 2.28. The first-order chi connectivity index (χ1) is 9.63. The molecule has 20 heavy (non-hydrogen) atoms. The molecule has 5 nitrogen and oxygen atoms in total. The third-order valence-electron chi connectivity index (χ3n) is 3.24. The first-order valence-electron chi connectivity index (χ1n) is 6.64. The molecule has 1 heterocycles. The molecule has 106 valence electrons. The van der Waals surface area contributed by atoms with Gasteiger partial charge in [0.25, 0.3) is 5.89 Å². The van der Waals surface area contributed by atoms with Crippen molar-refractivity contribution >= 4 is 15.9 Å². The maximum absolute atomic E-state index is 5.95. The van der Waals surface area contributed by atoms with Gasteiger partial charge in [-0.25, -0.2) is 0 Å². The van der Waals surface area contributed by atoms with Crippen LogP contribution in [0.1, 0.15) is 49.0 Å². The molecule has 1 aliphatic rings. The lowest BCUT2D eigenvalue weighted by Crippen LogP contribution is -2.08. The molecule has 2 N–H and O–H groups in total. The number of benzene rings is 1. The topological polar surface area (TPSA) is 74.2 Å². The third-order valence-corrected chi connectivity index (χ3v) is 3.73. The van der Waals surface area contributed by atoms with Crippen LogP contribution in [0.4, 0.5) is 0 Å². The van der Waals surface area contributed by atoms with Crippen LogP contribution in [0.3, 0.4) is 0 Å². The number of nitrogens with zero attached hydrogens (tertiary/aromatic N) is 2. The molecule has 1 fully saturated rings. The lowest BCUT2D eigenvalue weighted by Gasteiger charge is -2.13. The summed E-state index contributed by atoms with van der Waals surface area (Å²) in [5.41, 5.74) is 6.90. The van der Waals surface area contributed by atoms with E-state index in [1.54, 1.807) is 0 Å². The van der Waals surface area contributed by atoms with E-state index in [2.05, 4.69) is 26.1 Å². The molecule has 0 aliphatic heterocycles. The number of hydrogen-bond acceptors (Lipinski definition) is 5. The van der Waals surface area contributed by atoms with E-state index in [0.29, 0.717) is 11.8 Å². The van der Waals surface area contributed by atoms with Gasteiger partial charge in [0.05, 0.1) is 0 Å². The van der Waals surface area contributed by atoms with Gasteiger partial charge in [-0.15, -0.1) is 0 Å². The monoisotopic (exact) mass is 337 g/mol. The Morgan fingerprint density at radius 3 is 3.00 bits per heavy atom. The minimum atomic E-state index is -0.104. The van der Waals surface area contributed by atoms with Crippen molar-refractivity contribution in [2.24, 2.45) is 5.73 Å². The zero-order chi connectivity index (χ0) is 14.1. The Labute approximate surface area is 125 Å². The summed E-state index contributed by atoms with van der Waals surface area (Å²) in [7, 11) is 0. The van der Waals surface area contributed by atoms with Crippen LogP contribution in [0.5, 0.6) is 5.75 Å². The molecule has 1 saturated carbocycles. The molecular weight excluding hydrogens is 322 g/mol. The lowest BCUT2D eigenvalue weighted by molar-refractivity contribution is 0.240. The van der Waals surface area contributed by atoms with Crippen molar-refractivity contribution in [1.82, 2.24) is 10.1 Å². The standard InChI is InChI=1S/C14H16BrN3O2/c1-8(16)11-6-10(15)4-5-12(11)19-7-13-17-14(18-20-13)9-2-3-9/h4-6,8-9H,2-3,7,16H2,1H3. The van der Waals surface area contributed by atoms with Crippen molar-refractivity contribution in [1.29, 1.82) is 0 Å². The molecule has 3 rings (SSSR count). The van der Waals surface area contributed by atoms with Gasteiger partial charge in [0.1, 0.15) is 5.75 Å². The molecule has 1 unspecified atom stereocenters. The predicted molar refractivity (Wildman–Crippen MR) is 77.3 cm³/mol. The van der Waals surface area contributed by atoms with Crippen molar-refractivity contribution in [2.45, 2.75) is 38.3 Å². The number of ether oxygens (including phenoxy) is 1. The number of rotatable bonds is 5. The molecule has 1 atom stereocenters. The summed E-state index contributed by atoms with van der Waals surface area (Å²) in [6, 6.07) is 5.67. The van der Waals surface area contributed by atoms with E-state index < -0.39 is 0 Å². The van der Waals surface area contributed by atoms with Crippen molar-refractivity contribution in [2.75, 3.05) is 0 Å². The maximum atomic E-state index is 5.95. The van der Waals surface area contributed by atoms with Crippen LogP contribution < -0.4 is 10.5 Å². The van der Waals surface area contributed by atoms with Gasteiger partial charge in [-0.3, -0.25) is 0 Å². The fraction of sp³-hybridized carbons (Fsp3) is 0.429. The Balaban J connectivity index is 1.70. The molecule has 0 bridgehead atoms. The van der Waals surface area contributed by atoms with Crippen LogP contribution in [-0.2, 0) is 6.61 Å². The van der Waals surface area contributed by atoms with Gasteiger partial charge in [0.2, 0.25) is 0 Å². The Morgan fingerprint density at radius 2 is 2.30 bits per heavy atom. The zero-order valence-corrected chi connectivity index (χ0v) is 12.8. The largest absolute Gasteiger partial charge is 0.483 e. The molecule has 6 heteroatoms. The van der Waals surface area contributed by atoms with Gasteiger partial charge in [-0.2, -0.15) is 4.98 Å². The van der Waals surface area contributed by atoms with Crippen molar-refractivity contribution in [3.05, 3.63) is 40.0 Å². The van der Waals surface area contributed by atoms with E-state index in [4.69, 9.17) is 15.0 Å². The second-order valence-corrected chi connectivity index (χ2v) is 6.00. The summed E-state index contributed by atoms with van der Waals surface area (Å²) in [5, 5.41) is 3.96. The van der Waals surface area contributed by atoms with Gasteiger partial charge in [-0.1, -0.05) is 21.1 Å². The number of nitrogens with two attached hydrogens (primary N) is 1. The normalized spacial score (nSPS) is 16.1. The van der Waals surface area contributed by atoms with Crippen LogP contribution in [0, 0.1) is 0 Å².